The van der Waals surface area contributed by atoms with Crippen LogP contribution in [0, 0.1) is 11.8 Å². The van der Waals surface area contributed by atoms with Gasteiger partial charge in [-0.3, -0.25) is 0 Å². The van der Waals surface area contributed by atoms with Crippen molar-refractivity contribution in [2.24, 2.45) is 11.8 Å². The van der Waals surface area contributed by atoms with E-state index < -0.39 is 0 Å². The van der Waals surface area contributed by atoms with E-state index in [1.165, 1.54) is 36.8 Å². The third-order valence-electron chi connectivity index (χ3n) is 5.08. The van der Waals surface area contributed by atoms with Crippen LogP contribution in [0.5, 0.6) is 0 Å². The molecule has 0 saturated heterocycles. The number of rotatable bonds is 6. The number of hydrogen-bond donors (Lipinski definition) is 2. The van der Waals surface area contributed by atoms with Crippen molar-refractivity contribution in [1.29, 1.82) is 0 Å². The minimum absolute atomic E-state index is 0.0449. The standard InChI is InChI=1S/C21H24N2O/c24-21(22-19(17-11-12-17)15-7-3-1-4-8-15)23-20(18-13-14-18)16-9-5-2-6-10-16/h1-10,17-20H,11-14H2,(H2,22,23,24)/t19-,20-/m1/s1. The number of benzene rings is 2. The first-order valence-corrected chi connectivity index (χ1v) is 8.98. The first-order valence-electron chi connectivity index (χ1n) is 8.98. The summed E-state index contributed by atoms with van der Waals surface area (Å²) in [6.07, 6.45) is 4.80. The predicted octanol–water partition coefficient (Wildman–Crippen LogP) is 4.59. The van der Waals surface area contributed by atoms with Crippen LogP contribution >= 0.6 is 0 Å². The quantitative estimate of drug-likeness (QED) is 0.803. The number of hydrogen-bond acceptors (Lipinski definition) is 1. The molecule has 2 atom stereocenters. The maximum atomic E-state index is 12.7. The van der Waals surface area contributed by atoms with Gasteiger partial charge < -0.3 is 10.6 Å². The van der Waals surface area contributed by atoms with Crippen molar-refractivity contribution >= 4 is 6.03 Å². The van der Waals surface area contributed by atoms with E-state index in [0.717, 1.165) is 0 Å². The van der Waals surface area contributed by atoms with Gasteiger partial charge in [0.2, 0.25) is 0 Å². The Morgan fingerprint density at radius 2 is 1.08 bits per heavy atom. The molecule has 124 valence electrons. The van der Waals surface area contributed by atoms with Gasteiger partial charge in [-0.1, -0.05) is 60.7 Å². The highest BCUT2D eigenvalue weighted by atomic mass is 16.2. The Labute approximate surface area is 143 Å². The third kappa shape index (κ3) is 3.61. The molecule has 4 rings (SSSR count). The molecule has 2 aliphatic carbocycles. The molecule has 0 heterocycles. The van der Waals surface area contributed by atoms with Crippen LogP contribution in [0.25, 0.3) is 0 Å². The van der Waals surface area contributed by atoms with Crippen LogP contribution in [0.2, 0.25) is 0 Å². The topological polar surface area (TPSA) is 41.1 Å². The fourth-order valence-electron chi connectivity index (χ4n) is 3.45. The second-order valence-corrected chi connectivity index (χ2v) is 7.07. The highest BCUT2D eigenvalue weighted by Crippen LogP contribution is 2.42. The Balaban J connectivity index is 1.45. The van der Waals surface area contributed by atoms with E-state index in [1.54, 1.807) is 0 Å². The Bertz CT molecular complexity index is 618. The molecule has 2 aromatic rings. The summed E-state index contributed by atoms with van der Waals surface area (Å²) >= 11 is 0. The Morgan fingerprint density at radius 3 is 1.42 bits per heavy atom. The van der Waals surface area contributed by atoms with E-state index in [2.05, 4.69) is 34.9 Å². The molecule has 3 heteroatoms. The summed E-state index contributed by atoms with van der Waals surface area (Å²) in [5.41, 5.74) is 2.41. The van der Waals surface area contributed by atoms with Crippen molar-refractivity contribution in [3.05, 3.63) is 71.8 Å². The van der Waals surface area contributed by atoms with Gasteiger partial charge in [-0.25, -0.2) is 4.79 Å². The summed E-state index contributed by atoms with van der Waals surface area (Å²) in [7, 11) is 0. The molecule has 0 bridgehead atoms. The summed E-state index contributed by atoms with van der Waals surface area (Å²) < 4.78 is 0. The normalized spacial score (nSPS) is 19.3. The molecule has 24 heavy (non-hydrogen) atoms. The highest BCUT2D eigenvalue weighted by Gasteiger charge is 2.36. The molecule has 0 radical (unpaired) electrons. The minimum Gasteiger partial charge on any atom is -0.331 e. The van der Waals surface area contributed by atoms with Crippen LogP contribution in [0.15, 0.2) is 60.7 Å². The lowest BCUT2D eigenvalue weighted by atomic mass is 10.0. The lowest BCUT2D eigenvalue weighted by molar-refractivity contribution is 0.230. The molecule has 2 saturated carbocycles. The second kappa shape index (κ2) is 6.68. The number of carbonyl (C=O) groups is 1. The summed E-state index contributed by atoms with van der Waals surface area (Å²) in [5.74, 6) is 1.16. The van der Waals surface area contributed by atoms with Crippen LogP contribution in [0.1, 0.15) is 48.9 Å². The van der Waals surface area contributed by atoms with E-state index in [9.17, 15) is 4.79 Å². The second-order valence-electron chi connectivity index (χ2n) is 7.07. The molecule has 2 aromatic carbocycles. The lowest BCUT2D eigenvalue weighted by Crippen LogP contribution is -2.41. The van der Waals surface area contributed by atoms with Gasteiger partial charge in [0.15, 0.2) is 0 Å². The minimum atomic E-state index is -0.0449. The zero-order chi connectivity index (χ0) is 16.4. The summed E-state index contributed by atoms with van der Waals surface area (Å²) in [4.78, 5) is 12.7. The van der Waals surface area contributed by atoms with Crippen LogP contribution in [-0.4, -0.2) is 6.03 Å². The summed E-state index contributed by atoms with van der Waals surface area (Å²) in [6, 6.07) is 20.9. The summed E-state index contributed by atoms with van der Waals surface area (Å²) in [5, 5.41) is 6.46. The van der Waals surface area contributed by atoms with Gasteiger partial charge >= 0.3 is 6.03 Å². The van der Waals surface area contributed by atoms with Gasteiger partial charge in [0.05, 0.1) is 12.1 Å². The maximum Gasteiger partial charge on any atom is 0.315 e. The van der Waals surface area contributed by atoms with Gasteiger partial charge in [-0.05, 0) is 48.6 Å². The molecule has 2 fully saturated rings. The van der Waals surface area contributed by atoms with Crippen molar-refractivity contribution in [2.45, 2.75) is 37.8 Å². The molecule has 3 nitrogen and oxygen atoms in total. The van der Waals surface area contributed by atoms with Crippen molar-refractivity contribution < 1.29 is 4.79 Å². The number of nitrogens with one attached hydrogen (secondary N) is 2. The zero-order valence-corrected chi connectivity index (χ0v) is 13.8. The average Bonchev–Trinajstić information content (AvgIpc) is 3.52. The van der Waals surface area contributed by atoms with Gasteiger partial charge in [0.25, 0.3) is 0 Å². The van der Waals surface area contributed by atoms with Crippen molar-refractivity contribution in [2.75, 3.05) is 0 Å². The van der Waals surface area contributed by atoms with Crippen molar-refractivity contribution in [1.82, 2.24) is 10.6 Å². The fourth-order valence-corrected chi connectivity index (χ4v) is 3.45. The smallest absolute Gasteiger partial charge is 0.315 e. The summed E-state index contributed by atoms with van der Waals surface area (Å²) in [6.45, 7) is 0. The molecular weight excluding hydrogens is 296 g/mol. The number of urea groups is 1. The zero-order valence-electron chi connectivity index (χ0n) is 13.8. The number of carbonyl (C=O) groups excluding carboxylic acids is 1. The van der Waals surface area contributed by atoms with E-state index in [-0.39, 0.29) is 18.1 Å². The Morgan fingerprint density at radius 1 is 0.708 bits per heavy atom. The van der Waals surface area contributed by atoms with E-state index in [4.69, 9.17) is 0 Å². The molecule has 0 aliphatic heterocycles. The number of amides is 2. The van der Waals surface area contributed by atoms with E-state index >= 15 is 0 Å². The largest absolute Gasteiger partial charge is 0.331 e. The van der Waals surface area contributed by atoms with E-state index in [1.807, 2.05) is 36.4 Å². The molecule has 0 aromatic heterocycles. The first-order chi connectivity index (χ1) is 11.8. The third-order valence-corrected chi connectivity index (χ3v) is 5.08. The Hall–Kier alpha value is -2.29. The van der Waals surface area contributed by atoms with Crippen LogP contribution in [0.3, 0.4) is 0 Å². The maximum absolute atomic E-state index is 12.7. The predicted molar refractivity (Wildman–Crippen MR) is 95.5 cm³/mol. The molecule has 0 unspecified atom stereocenters. The first kappa shape index (κ1) is 15.3. The van der Waals surface area contributed by atoms with Gasteiger partial charge in [-0.15, -0.1) is 0 Å². The van der Waals surface area contributed by atoms with Crippen molar-refractivity contribution in [3.63, 3.8) is 0 Å². The fraction of sp³-hybridized carbons (Fsp3) is 0.381. The lowest BCUT2D eigenvalue weighted by Gasteiger charge is -2.23. The van der Waals surface area contributed by atoms with E-state index in [0.29, 0.717) is 11.8 Å². The highest BCUT2D eigenvalue weighted by molar-refractivity contribution is 5.75. The molecule has 2 N–H and O–H groups in total. The van der Waals surface area contributed by atoms with Crippen LogP contribution in [-0.2, 0) is 0 Å². The molecule has 0 spiro atoms. The monoisotopic (exact) mass is 320 g/mol. The van der Waals surface area contributed by atoms with Gasteiger partial charge in [-0.2, -0.15) is 0 Å². The van der Waals surface area contributed by atoms with Gasteiger partial charge in [0.1, 0.15) is 0 Å². The molecular formula is C21H24N2O. The van der Waals surface area contributed by atoms with Crippen LogP contribution < -0.4 is 10.6 Å². The SMILES string of the molecule is O=C(N[C@H](c1ccccc1)C1CC1)N[C@H](c1ccccc1)C1CC1. The van der Waals surface area contributed by atoms with Gasteiger partial charge in [0, 0.05) is 0 Å². The van der Waals surface area contributed by atoms with Crippen LogP contribution in [0.4, 0.5) is 4.79 Å². The molecule has 2 aliphatic rings. The van der Waals surface area contributed by atoms with Crippen molar-refractivity contribution in [3.8, 4) is 0 Å². The Kier molecular flexibility index (Phi) is 4.24. The molecule has 2 amide bonds. The average molecular weight is 320 g/mol.